The zero-order chi connectivity index (χ0) is 18.9. The number of halogens is 3. The van der Waals surface area contributed by atoms with E-state index in [2.05, 4.69) is 41.1 Å². The Morgan fingerprint density at radius 2 is 1.73 bits per heavy atom. The molecule has 1 saturated heterocycles. The first-order valence-electron chi connectivity index (χ1n) is 8.74. The number of aryl methyl sites for hydroxylation is 1. The summed E-state index contributed by atoms with van der Waals surface area (Å²) in [5, 5.41) is 0. The van der Waals surface area contributed by atoms with Crippen LogP contribution in [0.15, 0.2) is 36.4 Å². The summed E-state index contributed by atoms with van der Waals surface area (Å²) in [4.78, 5) is 7.73. The zero-order valence-electron chi connectivity index (χ0n) is 15.3. The van der Waals surface area contributed by atoms with E-state index in [-0.39, 0.29) is 0 Å². The van der Waals surface area contributed by atoms with Crippen molar-refractivity contribution in [2.24, 2.45) is 5.92 Å². The van der Waals surface area contributed by atoms with Crippen molar-refractivity contribution in [1.29, 1.82) is 0 Å². The van der Waals surface area contributed by atoms with Gasteiger partial charge in [-0.3, -0.25) is 4.90 Å². The van der Waals surface area contributed by atoms with Gasteiger partial charge in [0, 0.05) is 39.3 Å². The van der Waals surface area contributed by atoms with Crippen molar-refractivity contribution in [3.63, 3.8) is 0 Å². The Morgan fingerprint density at radius 1 is 1.08 bits per heavy atom. The molecule has 1 aliphatic rings. The maximum absolute atomic E-state index is 12.9. The Balaban J connectivity index is 1.61. The van der Waals surface area contributed by atoms with Gasteiger partial charge in [0.1, 0.15) is 11.5 Å². The molecule has 3 nitrogen and oxygen atoms in total. The fourth-order valence-corrected chi connectivity index (χ4v) is 3.38. The van der Waals surface area contributed by atoms with E-state index in [9.17, 15) is 13.2 Å². The quantitative estimate of drug-likeness (QED) is 0.796. The van der Waals surface area contributed by atoms with Crippen molar-refractivity contribution < 1.29 is 13.2 Å². The van der Waals surface area contributed by atoms with Crippen LogP contribution in [0.5, 0.6) is 0 Å². The zero-order valence-corrected chi connectivity index (χ0v) is 15.3. The van der Waals surface area contributed by atoms with Crippen LogP contribution in [0.25, 0.3) is 0 Å². The molecule has 0 atom stereocenters. The van der Waals surface area contributed by atoms with E-state index in [1.54, 1.807) is 25.1 Å². The molecule has 26 heavy (non-hydrogen) atoms. The van der Waals surface area contributed by atoms with Crippen LogP contribution in [0.4, 0.5) is 19.0 Å². The maximum Gasteiger partial charge on any atom is 0.433 e. The highest BCUT2D eigenvalue weighted by atomic mass is 19.4. The molecule has 1 aliphatic heterocycles. The Bertz CT molecular complexity index is 748. The molecule has 6 heteroatoms. The number of alkyl halides is 3. The van der Waals surface area contributed by atoms with Gasteiger partial charge in [-0.1, -0.05) is 35.9 Å². The summed E-state index contributed by atoms with van der Waals surface area (Å²) in [5.74, 6) is 0.990. The highest BCUT2D eigenvalue weighted by molar-refractivity contribution is 5.47. The van der Waals surface area contributed by atoms with Gasteiger partial charge in [-0.25, -0.2) is 4.98 Å². The largest absolute Gasteiger partial charge is 0.433 e. The van der Waals surface area contributed by atoms with Crippen molar-refractivity contribution in [2.75, 3.05) is 32.1 Å². The van der Waals surface area contributed by atoms with Crippen LogP contribution in [0, 0.1) is 12.8 Å². The van der Waals surface area contributed by atoms with Crippen LogP contribution in [0.3, 0.4) is 0 Å². The van der Waals surface area contributed by atoms with Gasteiger partial charge >= 0.3 is 6.18 Å². The second-order valence-corrected chi connectivity index (χ2v) is 7.32. The number of rotatable bonds is 5. The normalized spacial score (nSPS) is 15.8. The third-order valence-corrected chi connectivity index (χ3v) is 4.74. The van der Waals surface area contributed by atoms with Gasteiger partial charge in [-0.05, 0) is 30.9 Å². The van der Waals surface area contributed by atoms with E-state index in [0.717, 1.165) is 31.1 Å². The van der Waals surface area contributed by atoms with Gasteiger partial charge in [0.05, 0.1) is 0 Å². The van der Waals surface area contributed by atoms with E-state index < -0.39 is 11.9 Å². The minimum absolute atomic E-state index is 0.391. The monoisotopic (exact) mass is 363 g/mol. The number of pyridine rings is 1. The first-order chi connectivity index (χ1) is 12.2. The molecule has 1 aromatic carbocycles. The lowest BCUT2D eigenvalue weighted by atomic mass is 9.91. The van der Waals surface area contributed by atoms with E-state index in [4.69, 9.17) is 0 Å². The molecule has 0 saturated carbocycles. The van der Waals surface area contributed by atoms with Crippen molar-refractivity contribution in [1.82, 2.24) is 9.88 Å². The molecule has 0 amide bonds. The maximum atomic E-state index is 12.9. The van der Waals surface area contributed by atoms with Crippen molar-refractivity contribution >= 4 is 5.82 Å². The Kier molecular flexibility index (Phi) is 5.23. The van der Waals surface area contributed by atoms with Gasteiger partial charge in [0.2, 0.25) is 0 Å². The summed E-state index contributed by atoms with van der Waals surface area (Å²) >= 11 is 0. The first-order valence-corrected chi connectivity index (χ1v) is 8.74. The third-order valence-electron chi connectivity index (χ3n) is 4.74. The second kappa shape index (κ2) is 7.27. The standard InChI is InChI=1S/C20H24F3N3/c1-14-4-6-15(7-5-14)10-16-11-26(12-16)13-17-8-9-18(20(21,22)23)24-19(17)25(2)3/h4-9,16H,10-13H2,1-3H3. The molecule has 0 bridgehead atoms. The van der Waals surface area contributed by atoms with Crippen molar-refractivity contribution in [3.8, 4) is 0 Å². The molecule has 2 heterocycles. The molecule has 3 rings (SSSR count). The SMILES string of the molecule is Cc1ccc(CC2CN(Cc3ccc(C(F)(F)F)nc3N(C)C)C2)cc1. The van der Waals surface area contributed by atoms with Crippen molar-refractivity contribution in [3.05, 3.63) is 58.8 Å². The minimum atomic E-state index is -4.42. The molecular weight excluding hydrogens is 339 g/mol. The predicted molar refractivity (Wildman–Crippen MR) is 97.2 cm³/mol. The van der Waals surface area contributed by atoms with E-state index in [1.807, 2.05) is 0 Å². The van der Waals surface area contributed by atoms with Crippen molar-refractivity contribution in [2.45, 2.75) is 26.1 Å². The summed E-state index contributed by atoms with van der Waals surface area (Å²) in [7, 11) is 3.45. The van der Waals surface area contributed by atoms with Gasteiger partial charge in [0.15, 0.2) is 0 Å². The molecule has 1 fully saturated rings. The lowest BCUT2D eigenvalue weighted by Crippen LogP contribution is -2.47. The van der Waals surface area contributed by atoms with Crippen LogP contribution >= 0.6 is 0 Å². The fourth-order valence-electron chi connectivity index (χ4n) is 3.38. The Labute approximate surface area is 152 Å². The molecule has 0 aliphatic carbocycles. The molecule has 0 radical (unpaired) electrons. The molecule has 140 valence electrons. The minimum Gasteiger partial charge on any atom is -0.362 e. The number of nitrogens with zero attached hydrogens (tertiary/aromatic N) is 3. The highest BCUT2D eigenvalue weighted by Crippen LogP contribution is 2.31. The number of anilines is 1. The van der Waals surface area contributed by atoms with Crippen LogP contribution in [-0.2, 0) is 19.1 Å². The molecule has 2 aromatic rings. The van der Waals surface area contributed by atoms with Crippen LogP contribution in [0.1, 0.15) is 22.4 Å². The van der Waals surface area contributed by atoms with Crippen LogP contribution < -0.4 is 4.90 Å². The summed E-state index contributed by atoms with van der Waals surface area (Å²) in [6, 6.07) is 11.2. The molecule has 0 spiro atoms. The van der Waals surface area contributed by atoms with Gasteiger partial charge in [-0.15, -0.1) is 0 Å². The third kappa shape index (κ3) is 4.36. The van der Waals surface area contributed by atoms with Gasteiger partial charge in [-0.2, -0.15) is 13.2 Å². The summed E-state index contributed by atoms with van der Waals surface area (Å²) in [6.45, 7) is 4.63. The van der Waals surface area contributed by atoms with E-state index >= 15 is 0 Å². The molecular formula is C20H24F3N3. The lowest BCUT2D eigenvalue weighted by Gasteiger charge is -2.40. The van der Waals surface area contributed by atoms with Gasteiger partial charge in [0.25, 0.3) is 0 Å². The van der Waals surface area contributed by atoms with E-state index in [1.165, 1.54) is 11.1 Å². The Morgan fingerprint density at radius 3 is 2.31 bits per heavy atom. The Hall–Kier alpha value is -2.08. The average molecular weight is 363 g/mol. The highest BCUT2D eigenvalue weighted by Gasteiger charge is 2.34. The van der Waals surface area contributed by atoms with Crippen LogP contribution in [-0.4, -0.2) is 37.1 Å². The number of hydrogen-bond acceptors (Lipinski definition) is 3. The first kappa shape index (κ1) is 18.7. The number of hydrogen-bond donors (Lipinski definition) is 0. The molecule has 0 unspecified atom stereocenters. The predicted octanol–water partition coefficient (Wildman–Crippen LogP) is 4.15. The number of aromatic nitrogens is 1. The average Bonchev–Trinajstić information content (AvgIpc) is 2.53. The second-order valence-electron chi connectivity index (χ2n) is 7.32. The van der Waals surface area contributed by atoms with E-state index in [0.29, 0.717) is 18.3 Å². The van der Waals surface area contributed by atoms with Gasteiger partial charge < -0.3 is 4.90 Å². The van der Waals surface area contributed by atoms with Crippen LogP contribution in [0.2, 0.25) is 0 Å². The smallest absolute Gasteiger partial charge is 0.362 e. The molecule has 0 N–H and O–H groups in total. The number of likely N-dealkylation sites (tertiary alicyclic amines) is 1. The lowest BCUT2D eigenvalue weighted by molar-refractivity contribution is -0.141. The molecule has 1 aromatic heterocycles. The fraction of sp³-hybridized carbons (Fsp3) is 0.450. The summed E-state index contributed by atoms with van der Waals surface area (Å²) in [5.41, 5.74) is 2.59. The number of benzene rings is 1. The summed E-state index contributed by atoms with van der Waals surface area (Å²) in [6.07, 6.45) is -3.37. The summed E-state index contributed by atoms with van der Waals surface area (Å²) < 4.78 is 38.7. The topological polar surface area (TPSA) is 19.4 Å².